The lowest BCUT2D eigenvalue weighted by Crippen LogP contribution is -2.34. The van der Waals surface area contributed by atoms with E-state index in [2.05, 4.69) is 38.0 Å². The van der Waals surface area contributed by atoms with E-state index in [9.17, 15) is 0 Å². The van der Waals surface area contributed by atoms with E-state index in [1.165, 1.54) is 0 Å². The fourth-order valence-electron chi connectivity index (χ4n) is 1.07. The van der Waals surface area contributed by atoms with Crippen LogP contribution in [-0.2, 0) is 4.74 Å². The highest BCUT2D eigenvalue weighted by Gasteiger charge is 1.95. The first-order valence-corrected chi connectivity index (χ1v) is 6.14. The van der Waals surface area contributed by atoms with Gasteiger partial charge in [0.1, 0.15) is 0 Å². The van der Waals surface area contributed by atoms with Gasteiger partial charge in [-0.1, -0.05) is 27.7 Å². The third-order valence-corrected chi connectivity index (χ3v) is 1.99. The zero-order valence-electron chi connectivity index (χ0n) is 11.1. The van der Waals surface area contributed by atoms with Crippen molar-refractivity contribution in [1.29, 1.82) is 0 Å². The van der Waals surface area contributed by atoms with Gasteiger partial charge in [0, 0.05) is 19.7 Å². The zero-order valence-corrected chi connectivity index (χ0v) is 11.1. The van der Waals surface area contributed by atoms with Gasteiger partial charge in [0.2, 0.25) is 0 Å². The van der Waals surface area contributed by atoms with Crippen molar-refractivity contribution in [3.05, 3.63) is 0 Å². The van der Waals surface area contributed by atoms with Crippen LogP contribution in [0, 0.1) is 11.8 Å². The number of ether oxygens (including phenoxy) is 1. The summed E-state index contributed by atoms with van der Waals surface area (Å²) in [7, 11) is 0. The quantitative estimate of drug-likeness (QED) is 0.378. The molecule has 0 spiro atoms. The Morgan fingerprint density at radius 3 is 2.50 bits per heavy atom. The Hall–Kier alpha value is -0.770. The molecule has 0 aromatic rings. The topological polar surface area (TPSA) is 59.6 Å². The highest BCUT2D eigenvalue weighted by Crippen LogP contribution is 1.97. The second kappa shape index (κ2) is 9.46. The Morgan fingerprint density at radius 1 is 1.25 bits per heavy atom. The molecule has 4 nitrogen and oxygen atoms in total. The second-order valence-corrected chi connectivity index (χ2v) is 4.85. The smallest absolute Gasteiger partial charge is 0.188 e. The molecule has 0 fully saturated rings. The van der Waals surface area contributed by atoms with Crippen molar-refractivity contribution in [3.63, 3.8) is 0 Å². The largest absolute Gasteiger partial charge is 0.379 e. The molecule has 0 rings (SSSR count). The van der Waals surface area contributed by atoms with Crippen LogP contribution < -0.4 is 11.1 Å². The lowest BCUT2D eigenvalue weighted by molar-refractivity contribution is 0.114. The lowest BCUT2D eigenvalue weighted by Gasteiger charge is -2.08. The molecule has 0 unspecified atom stereocenters. The van der Waals surface area contributed by atoms with Gasteiger partial charge in [-0.2, -0.15) is 0 Å². The number of hydrogen-bond donors (Lipinski definition) is 2. The first kappa shape index (κ1) is 15.2. The summed E-state index contributed by atoms with van der Waals surface area (Å²) in [5.74, 6) is 1.77. The standard InChI is InChI=1S/C12H27N3O/c1-10(2)5-6-14-12(13)15-7-8-16-9-11(3)4/h10-11H,5-9H2,1-4H3,(H3,13,14,15). The van der Waals surface area contributed by atoms with Crippen molar-refractivity contribution in [1.82, 2.24) is 5.32 Å². The van der Waals surface area contributed by atoms with E-state index >= 15 is 0 Å². The number of aliphatic imine (C=N–C) groups is 1. The predicted octanol–water partition coefficient (Wildman–Crippen LogP) is 1.61. The fourth-order valence-corrected chi connectivity index (χ4v) is 1.07. The summed E-state index contributed by atoms with van der Waals surface area (Å²) in [5.41, 5.74) is 5.69. The summed E-state index contributed by atoms with van der Waals surface area (Å²) in [4.78, 5) is 4.22. The van der Waals surface area contributed by atoms with Crippen molar-refractivity contribution in [3.8, 4) is 0 Å². The molecule has 0 aromatic heterocycles. The minimum atomic E-state index is 0.522. The summed E-state index contributed by atoms with van der Waals surface area (Å²) >= 11 is 0. The molecule has 0 aliphatic carbocycles. The molecular weight excluding hydrogens is 202 g/mol. The van der Waals surface area contributed by atoms with Crippen LogP contribution in [0.5, 0.6) is 0 Å². The average Bonchev–Trinajstić information content (AvgIpc) is 2.16. The van der Waals surface area contributed by atoms with Gasteiger partial charge in [-0.3, -0.25) is 4.99 Å². The number of nitrogens with one attached hydrogen (secondary N) is 1. The van der Waals surface area contributed by atoms with Gasteiger partial charge < -0.3 is 15.8 Å². The molecule has 0 radical (unpaired) electrons. The zero-order chi connectivity index (χ0) is 12.4. The van der Waals surface area contributed by atoms with Crippen LogP contribution in [-0.4, -0.2) is 32.3 Å². The third kappa shape index (κ3) is 11.3. The maximum atomic E-state index is 5.69. The van der Waals surface area contributed by atoms with Crippen molar-refractivity contribution in [2.75, 3.05) is 26.3 Å². The van der Waals surface area contributed by atoms with Crippen LogP contribution in [0.1, 0.15) is 34.1 Å². The van der Waals surface area contributed by atoms with E-state index in [1.54, 1.807) is 0 Å². The van der Waals surface area contributed by atoms with Gasteiger partial charge in [0.05, 0.1) is 6.61 Å². The van der Waals surface area contributed by atoms with Gasteiger partial charge >= 0.3 is 0 Å². The number of rotatable bonds is 8. The Labute approximate surface area is 99.7 Å². The molecule has 4 heteroatoms. The number of nitrogens with two attached hydrogens (primary N) is 1. The molecular formula is C12H27N3O. The summed E-state index contributed by atoms with van der Waals surface area (Å²) in [6, 6.07) is 0. The van der Waals surface area contributed by atoms with E-state index in [4.69, 9.17) is 10.5 Å². The van der Waals surface area contributed by atoms with Crippen molar-refractivity contribution in [2.24, 2.45) is 22.6 Å². The maximum absolute atomic E-state index is 5.69. The molecule has 0 amide bonds. The Balaban J connectivity index is 3.38. The second-order valence-electron chi connectivity index (χ2n) is 4.85. The fraction of sp³-hybridized carbons (Fsp3) is 0.917. The minimum absolute atomic E-state index is 0.522. The monoisotopic (exact) mass is 229 g/mol. The van der Waals surface area contributed by atoms with Gasteiger partial charge in [0.25, 0.3) is 0 Å². The molecule has 3 N–H and O–H groups in total. The number of guanidine groups is 1. The Bertz CT molecular complexity index is 191. The predicted molar refractivity (Wildman–Crippen MR) is 69.6 cm³/mol. The van der Waals surface area contributed by atoms with Crippen LogP contribution in [0.4, 0.5) is 0 Å². The molecule has 0 atom stereocenters. The summed E-state index contributed by atoms with van der Waals surface area (Å²) in [6.45, 7) is 11.6. The van der Waals surface area contributed by atoms with Gasteiger partial charge in [0.15, 0.2) is 5.96 Å². The average molecular weight is 229 g/mol. The molecule has 0 aromatic carbocycles. The normalized spacial score (nSPS) is 12.5. The highest BCUT2D eigenvalue weighted by atomic mass is 16.5. The van der Waals surface area contributed by atoms with Crippen molar-refractivity contribution in [2.45, 2.75) is 34.1 Å². The van der Waals surface area contributed by atoms with Gasteiger partial charge in [-0.05, 0) is 18.3 Å². The molecule has 96 valence electrons. The molecule has 0 heterocycles. The first-order chi connectivity index (χ1) is 7.52. The maximum Gasteiger partial charge on any atom is 0.188 e. The van der Waals surface area contributed by atoms with Gasteiger partial charge in [-0.25, -0.2) is 0 Å². The van der Waals surface area contributed by atoms with Crippen molar-refractivity contribution >= 4 is 5.96 Å². The van der Waals surface area contributed by atoms with Crippen molar-refractivity contribution < 1.29 is 4.74 Å². The minimum Gasteiger partial charge on any atom is -0.379 e. The molecule has 16 heavy (non-hydrogen) atoms. The molecule has 0 saturated heterocycles. The lowest BCUT2D eigenvalue weighted by atomic mass is 10.1. The third-order valence-electron chi connectivity index (χ3n) is 1.99. The summed E-state index contributed by atoms with van der Waals surface area (Å²) in [5, 5.41) is 3.03. The number of hydrogen-bond acceptors (Lipinski definition) is 2. The Morgan fingerprint density at radius 2 is 1.94 bits per heavy atom. The van der Waals surface area contributed by atoms with E-state index < -0.39 is 0 Å². The Kier molecular flexibility index (Phi) is 9.00. The van der Waals surface area contributed by atoms with E-state index in [1.807, 2.05) is 0 Å². The number of nitrogens with zero attached hydrogens (tertiary/aromatic N) is 1. The van der Waals surface area contributed by atoms with Crippen LogP contribution in [0.3, 0.4) is 0 Å². The molecule has 0 saturated carbocycles. The SMILES string of the molecule is CC(C)CCN=C(N)NCCOCC(C)C. The highest BCUT2D eigenvalue weighted by molar-refractivity contribution is 5.77. The van der Waals surface area contributed by atoms with E-state index in [0.29, 0.717) is 24.4 Å². The van der Waals surface area contributed by atoms with Crippen LogP contribution in [0.15, 0.2) is 4.99 Å². The van der Waals surface area contributed by atoms with Gasteiger partial charge in [-0.15, -0.1) is 0 Å². The molecule has 0 aliphatic rings. The van der Waals surface area contributed by atoms with E-state index in [0.717, 1.165) is 26.1 Å². The summed E-state index contributed by atoms with van der Waals surface area (Å²) < 4.78 is 5.42. The van der Waals surface area contributed by atoms with Crippen LogP contribution in [0.2, 0.25) is 0 Å². The van der Waals surface area contributed by atoms with E-state index in [-0.39, 0.29) is 0 Å². The summed E-state index contributed by atoms with van der Waals surface area (Å²) in [6.07, 6.45) is 1.08. The first-order valence-electron chi connectivity index (χ1n) is 6.14. The molecule has 0 bridgehead atoms. The molecule has 0 aliphatic heterocycles. The van der Waals surface area contributed by atoms with Crippen LogP contribution in [0.25, 0.3) is 0 Å². The van der Waals surface area contributed by atoms with Crippen LogP contribution >= 0.6 is 0 Å².